The number of aromatic nitrogens is 6. The summed E-state index contributed by atoms with van der Waals surface area (Å²) in [6, 6.07) is 11.4. The smallest absolute Gasteiger partial charge is 0.255 e. The molecule has 4 aromatic rings. The van der Waals surface area contributed by atoms with Gasteiger partial charge in [-0.2, -0.15) is 10.2 Å². The standard InChI is InChI=1S/C20H20N6O/c1-4-18-22-20(26(23-18)16-8-5-14(2)6-9-16)15-7-10-19(27)25(12-15)17-11-21-24(3)13-17/h5-13H,4H2,1-3H3. The summed E-state index contributed by atoms with van der Waals surface area (Å²) in [5, 5.41) is 8.79. The van der Waals surface area contributed by atoms with Gasteiger partial charge in [0, 0.05) is 37.5 Å². The van der Waals surface area contributed by atoms with Crippen LogP contribution in [-0.4, -0.2) is 29.1 Å². The summed E-state index contributed by atoms with van der Waals surface area (Å²) >= 11 is 0. The molecular formula is C20H20N6O. The van der Waals surface area contributed by atoms with Crippen molar-refractivity contribution in [3.05, 3.63) is 76.7 Å². The largest absolute Gasteiger partial charge is 0.280 e. The minimum atomic E-state index is -0.121. The fourth-order valence-electron chi connectivity index (χ4n) is 2.91. The fraction of sp³-hybridized carbons (Fsp3) is 0.200. The van der Waals surface area contributed by atoms with Crippen LogP contribution in [0.5, 0.6) is 0 Å². The van der Waals surface area contributed by atoms with E-state index in [9.17, 15) is 4.79 Å². The Hall–Kier alpha value is -3.48. The van der Waals surface area contributed by atoms with Crippen LogP contribution in [0.1, 0.15) is 18.3 Å². The maximum Gasteiger partial charge on any atom is 0.255 e. The molecule has 3 heterocycles. The third-order valence-corrected chi connectivity index (χ3v) is 4.38. The predicted octanol–water partition coefficient (Wildman–Crippen LogP) is 2.69. The Morgan fingerprint density at radius 3 is 2.44 bits per heavy atom. The monoisotopic (exact) mass is 360 g/mol. The molecule has 3 aromatic heterocycles. The van der Waals surface area contributed by atoms with Crippen LogP contribution >= 0.6 is 0 Å². The molecule has 4 rings (SSSR count). The van der Waals surface area contributed by atoms with Gasteiger partial charge in [0.1, 0.15) is 0 Å². The zero-order valence-electron chi connectivity index (χ0n) is 15.5. The lowest BCUT2D eigenvalue weighted by atomic mass is 10.2. The molecule has 0 saturated carbocycles. The molecule has 0 unspecified atom stereocenters. The van der Waals surface area contributed by atoms with Gasteiger partial charge in [-0.3, -0.25) is 14.0 Å². The van der Waals surface area contributed by atoms with Gasteiger partial charge in [0.25, 0.3) is 5.56 Å². The Bertz CT molecular complexity index is 1150. The summed E-state index contributed by atoms with van der Waals surface area (Å²) in [5.74, 6) is 1.46. The Morgan fingerprint density at radius 2 is 1.78 bits per heavy atom. The van der Waals surface area contributed by atoms with Crippen LogP contribution in [0.15, 0.2) is 59.8 Å². The third kappa shape index (κ3) is 3.19. The normalized spacial score (nSPS) is 11.1. The second-order valence-electron chi connectivity index (χ2n) is 6.45. The highest BCUT2D eigenvalue weighted by atomic mass is 16.1. The van der Waals surface area contributed by atoms with E-state index < -0.39 is 0 Å². The first-order chi connectivity index (χ1) is 13.0. The highest BCUT2D eigenvalue weighted by Crippen LogP contribution is 2.21. The van der Waals surface area contributed by atoms with Crippen LogP contribution in [0.2, 0.25) is 0 Å². The molecule has 0 spiro atoms. The van der Waals surface area contributed by atoms with Crippen molar-refractivity contribution in [2.45, 2.75) is 20.3 Å². The van der Waals surface area contributed by atoms with E-state index in [1.165, 1.54) is 5.56 Å². The van der Waals surface area contributed by atoms with Crippen LogP contribution in [-0.2, 0) is 13.5 Å². The SMILES string of the molecule is CCc1nc(-c2ccc(=O)n(-c3cnn(C)c3)c2)n(-c2ccc(C)cc2)n1. The van der Waals surface area contributed by atoms with Crippen LogP contribution in [0, 0.1) is 6.92 Å². The summed E-state index contributed by atoms with van der Waals surface area (Å²) < 4.78 is 5.06. The van der Waals surface area contributed by atoms with E-state index in [2.05, 4.69) is 15.2 Å². The van der Waals surface area contributed by atoms with Gasteiger partial charge in [-0.05, 0) is 25.1 Å². The Balaban J connectivity index is 1.87. The number of rotatable bonds is 4. The lowest BCUT2D eigenvalue weighted by Gasteiger charge is -2.08. The van der Waals surface area contributed by atoms with Gasteiger partial charge in [-0.25, -0.2) is 9.67 Å². The molecule has 27 heavy (non-hydrogen) atoms. The van der Waals surface area contributed by atoms with E-state index in [0.717, 1.165) is 23.5 Å². The zero-order valence-corrected chi connectivity index (χ0v) is 15.5. The highest BCUT2D eigenvalue weighted by molar-refractivity contribution is 5.58. The van der Waals surface area contributed by atoms with Crippen molar-refractivity contribution in [1.82, 2.24) is 29.1 Å². The topological polar surface area (TPSA) is 70.5 Å². The highest BCUT2D eigenvalue weighted by Gasteiger charge is 2.14. The molecule has 0 saturated heterocycles. The average molecular weight is 360 g/mol. The van der Waals surface area contributed by atoms with Crippen molar-refractivity contribution in [2.75, 3.05) is 0 Å². The molecule has 0 atom stereocenters. The Labute approximate surface area is 156 Å². The Morgan fingerprint density at radius 1 is 1.00 bits per heavy atom. The van der Waals surface area contributed by atoms with Gasteiger partial charge in [-0.15, -0.1) is 0 Å². The first-order valence-electron chi connectivity index (χ1n) is 8.80. The predicted molar refractivity (Wildman–Crippen MR) is 103 cm³/mol. The van der Waals surface area contributed by atoms with Crippen LogP contribution < -0.4 is 5.56 Å². The molecule has 7 nitrogen and oxygen atoms in total. The molecule has 0 radical (unpaired) electrons. The number of nitrogens with zero attached hydrogens (tertiary/aromatic N) is 6. The first-order valence-corrected chi connectivity index (χ1v) is 8.80. The van der Waals surface area contributed by atoms with Crippen LogP contribution in [0.3, 0.4) is 0 Å². The van der Waals surface area contributed by atoms with Gasteiger partial charge in [-0.1, -0.05) is 24.6 Å². The number of hydrogen-bond acceptors (Lipinski definition) is 4. The van der Waals surface area contributed by atoms with Gasteiger partial charge in [0.15, 0.2) is 11.6 Å². The first kappa shape index (κ1) is 17.0. The summed E-state index contributed by atoms with van der Waals surface area (Å²) in [6.07, 6.45) is 5.97. The molecule has 0 aliphatic rings. The summed E-state index contributed by atoms with van der Waals surface area (Å²) in [6.45, 7) is 4.07. The average Bonchev–Trinajstić information content (AvgIpc) is 3.29. The van der Waals surface area contributed by atoms with E-state index in [4.69, 9.17) is 0 Å². The molecule has 0 amide bonds. The molecular weight excluding hydrogens is 340 g/mol. The molecule has 0 aliphatic carbocycles. The minimum absolute atomic E-state index is 0.121. The number of benzene rings is 1. The van der Waals surface area contributed by atoms with E-state index in [1.54, 1.807) is 40.0 Å². The van der Waals surface area contributed by atoms with E-state index in [1.807, 2.05) is 49.8 Å². The lowest BCUT2D eigenvalue weighted by molar-refractivity contribution is 0.767. The van der Waals surface area contributed by atoms with Crippen molar-refractivity contribution in [3.8, 4) is 22.8 Å². The summed E-state index contributed by atoms with van der Waals surface area (Å²) in [7, 11) is 1.82. The summed E-state index contributed by atoms with van der Waals surface area (Å²) in [5.41, 5.74) is 3.51. The summed E-state index contributed by atoms with van der Waals surface area (Å²) in [4.78, 5) is 17.0. The Kier molecular flexibility index (Phi) is 4.19. The van der Waals surface area contributed by atoms with Crippen molar-refractivity contribution in [3.63, 3.8) is 0 Å². The second-order valence-corrected chi connectivity index (χ2v) is 6.45. The van der Waals surface area contributed by atoms with Crippen molar-refractivity contribution < 1.29 is 0 Å². The van der Waals surface area contributed by atoms with Crippen molar-refractivity contribution in [1.29, 1.82) is 0 Å². The van der Waals surface area contributed by atoms with Gasteiger partial charge in [0.05, 0.1) is 17.6 Å². The van der Waals surface area contributed by atoms with Gasteiger partial charge >= 0.3 is 0 Å². The number of aryl methyl sites for hydroxylation is 3. The van der Waals surface area contributed by atoms with Crippen LogP contribution in [0.25, 0.3) is 22.8 Å². The lowest BCUT2D eigenvalue weighted by Crippen LogP contribution is -2.16. The number of hydrogen-bond donors (Lipinski definition) is 0. The third-order valence-electron chi connectivity index (χ3n) is 4.38. The van der Waals surface area contributed by atoms with Crippen molar-refractivity contribution in [2.24, 2.45) is 7.05 Å². The van der Waals surface area contributed by atoms with E-state index in [0.29, 0.717) is 11.5 Å². The molecule has 0 aliphatic heterocycles. The zero-order chi connectivity index (χ0) is 19.0. The quantitative estimate of drug-likeness (QED) is 0.561. The van der Waals surface area contributed by atoms with E-state index in [-0.39, 0.29) is 5.56 Å². The molecule has 0 fully saturated rings. The maximum atomic E-state index is 12.3. The van der Waals surface area contributed by atoms with Crippen LogP contribution in [0.4, 0.5) is 0 Å². The molecule has 136 valence electrons. The second kappa shape index (κ2) is 6.68. The molecule has 1 aromatic carbocycles. The van der Waals surface area contributed by atoms with Gasteiger partial charge < -0.3 is 0 Å². The van der Waals surface area contributed by atoms with Crippen molar-refractivity contribution >= 4 is 0 Å². The number of pyridine rings is 1. The molecule has 0 bridgehead atoms. The molecule has 7 heteroatoms. The van der Waals surface area contributed by atoms with E-state index >= 15 is 0 Å². The maximum absolute atomic E-state index is 12.3. The fourth-order valence-corrected chi connectivity index (χ4v) is 2.91. The van der Waals surface area contributed by atoms with Gasteiger partial charge in [0.2, 0.25) is 0 Å². The minimum Gasteiger partial charge on any atom is -0.280 e. The molecule has 0 N–H and O–H groups in total.